The van der Waals surface area contributed by atoms with E-state index < -0.39 is 48.0 Å². The van der Waals surface area contributed by atoms with Gasteiger partial charge in [-0.15, -0.1) is 0 Å². The molecule has 0 fully saturated rings. The fourth-order valence-corrected chi connectivity index (χ4v) is 3.46. The number of nitrogens with one attached hydrogen (secondary N) is 4. The van der Waals surface area contributed by atoms with Crippen LogP contribution in [-0.4, -0.2) is 67.5 Å². The van der Waals surface area contributed by atoms with Crippen LogP contribution in [0.5, 0.6) is 0 Å². The number of nitrogens with two attached hydrogens (primary N) is 1. The van der Waals surface area contributed by atoms with E-state index in [4.69, 9.17) is 5.73 Å². The number of aliphatic carboxylic acids is 1. The first kappa shape index (κ1) is 30.4. The number of aromatic nitrogens is 4. The number of fused-ring (bicyclic) bond motifs is 1. The first-order valence-electron chi connectivity index (χ1n) is 11.9. The number of alkyl halides is 3. The molecule has 15 nitrogen and oxygen atoms in total. The van der Waals surface area contributed by atoms with Crippen LogP contribution >= 0.6 is 0 Å². The third kappa shape index (κ3) is 7.94. The number of carbonyl (C=O) groups is 4. The topological polar surface area (TPSA) is 225 Å². The smallest absolute Gasteiger partial charge is 0.471 e. The van der Waals surface area contributed by atoms with Crippen LogP contribution in [0.15, 0.2) is 35.3 Å². The Balaban J connectivity index is 1.81. The molecule has 0 saturated carbocycles. The Labute approximate surface area is 228 Å². The van der Waals surface area contributed by atoms with E-state index in [0.717, 1.165) is 30.5 Å². The molecule has 0 saturated heterocycles. The number of carbonyl (C=O) groups excluding carboxylic acids is 3. The van der Waals surface area contributed by atoms with E-state index in [2.05, 4.69) is 36.1 Å². The number of anilines is 2. The highest BCUT2D eigenvalue weighted by atomic mass is 19.4. The number of nitrogens with zero attached hydrogens (tertiary/aromatic N) is 4. The van der Waals surface area contributed by atoms with Gasteiger partial charge in [0, 0.05) is 24.2 Å². The van der Waals surface area contributed by atoms with Crippen LogP contribution in [0.1, 0.15) is 35.8 Å². The van der Waals surface area contributed by atoms with Gasteiger partial charge in [0.05, 0.1) is 18.4 Å². The van der Waals surface area contributed by atoms with Crippen LogP contribution in [0.25, 0.3) is 11.2 Å². The van der Waals surface area contributed by atoms with Gasteiger partial charge in [0.2, 0.25) is 11.9 Å². The number of amides is 3. The lowest BCUT2D eigenvalue weighted by Gasteiger charge is -2.24. The van der Waals surface area contributed by atoms with Crippen LogP contribution in [0, 0.1) is 0 Å². The molecule has 3 rings (SSSR count). The number of aromatic amines is 1. The Bertz CT molecular complexity index is 1510. The number of rotatable bonds is 11. The van der Waals surface area contributed by atoms with Crippen LogP contribution in [0.3, 0.4) is 0 Å². The van der Waals surface area contributed by atoms with Gasteiger partial charge in [-0.3, -0.25) is 34.5 Å². The van der Waals surface area contributed by atoms with Crippen molar-refractivity contribution in [2.45, 2.75) is 38.5 Å². The monoisotopic (exact) mass is 579 g/mol. The number of nitrogen functional groups attached to an aromatic ring is 1. The normalized spacial score (nSPS) is 12.0. The largest absolute Gasteiger partial charge is 0.480 e. The summed E-state index contributed by atoms with van der Waals surface area (Å²) in [6, 6.07) is 2.82. The van der Waals surface area contributed by atoms with Crippen molar-refractivity contribution in [3.63, 3.8) is 0 Å². The van der Waals surface area contributed by atoms with Crippen molar-refractivity contribution in [2.75, 3.05) is 17.2 Å². The molecule has 218 valence electrons. The first-order chi connectivity index (χ1) is 19.3. The SMILES string of the molecule is CCNNC(=O)CC[C@H](NC(=O)c1ccc(N(Cc2cnc3nc(N)[nH]c(=O)c3n2)C(=O)C(F)(F)F)cc1)C(=O)O. The van der Waals surface area contributed by atoms with Crippen molar-refractivity contribution >= 4 is 46.5 Å². The Morgan fingerprint density at radius 1 is 1.15 bits per heavy atom. The highest BCUT2D eigenvalue weighted by molar-refractivity contribution is 5.99. The molecule has 0 radical (unpaired) electrons. The van der Waals surface area contributed by atoms with Crippen molar-refractivity contribution in [1.29, 1.82) is 0 Å². The lowest BCUT2D eigenvalue weighted by atomic mass is 10.1. The molecule has 18 heteroatoms. The fraction of sp³-hybridized carbons (Fsp3) is 0.304. The molecular weight excluding hydrogens is 555 g/mol. The summed E-state index contributed by atoms with van der Waals surface area (Å²) in [7, 11) is 0. The van der Waals surface area contributed by atoms with Crippen LogP contribution < -0.4 is 32.4 Å². The predicted molar refractivity (Wildman–Crippen MR) is 136 cm³/mol. The Kier molecular flexibility index (Phi) is 9.51. The summed E-state index contributed by atoms with van der Waals surface area (Å²) in [6.07, 6.45) is -4.72. The summed E-state index contributed by atoms with van der Waals surface area (Å²) in [6.45, 7) is 1.42. The molecule has 0 aliphatic rings. The highest BCUT2D eigenvalue weighted by Gasteiger charge is 2.43. The Morgan fingerprint density at radius 3 is 2.44 bits per heavy atom. The Morgan fingerprint density at radius 2 is 1.83 bits per heavy atom. The van der Waals surface area contributed by atoms with E-state index in [1.807, 2.05) is 0 Å². The number of H-pyrrole nitrogens is 1. The standard InChI is InChI=1S/C23H24F3N9O6/c1-2-29-34-15(36)8-7-14(20(39)40)31-18(37)11-3-5-13(6-4-11)35(21(41)23(24,25)26)10-12-9-28-17-16(30-12)19(38)33-22(27)32-17/h3-6,9,14,29H,2,7-8,10H2,1H3,(H,31,37)(H,34,36)(H,39,40)(H3,27,28,32,33,38)/t14-/m0/s1. The average Bonchev–Trinajstić information content (AvgIpc) is 2.91. The van der Waals surface area contributed by atoms with Crippen LogP contribution in [-0.2, 0) is 20.9 Å². The van der Waals surface area contributed by atoms with E-state index in [1.165, 1.54) is 0 Å². The average molecular weight is 579 g/mol. The molecule has 0 bridgehead atoms. The molecule has 2 aromatic heterocycles. The maximum absolute atomic E-state index is 13.4. The van der Waals surface area contributed by atoms with Gasteiger partial charge in [0.15, 0.2) is 11.2 Å². The molecule has 0 spiro atoms. The number of carboxylic acids is 1. The van der Waals surface area contributed by atoms with Gasteiger partial charge in [0.25, 0.3) is 11.5 Å². The van der Waals surface area contributed by atoms with Crippen molar-refractivity contribution < 1.29 is 37.5 Å². The number of hydrazine groups is 1. The molecule has 0 aliphatic heterocycles. The molecule has 3 aromatic rings. The van der Waals surface area contributed by atoms with E-state index in [1.54, 1.807) is 6.92 Å². The van der Waals surface area contributed by atoms with Gasteiger partial charge in [-0.05, 0) is 30.7 Å². The molecule has 0 aliphatic carbocycles. The summed E-state index contributed by atoms with van der Waals surface area (Å²) in [5.41, 5.74) is 8.49. The quantitative estimate of drug-likeness (QED) is 0.166. The second-order valence-corrected chi connectivity index (χ2v) is 8.40. The zero-order chi connectivity index (χ0) is 30.3. The molecular formula is C23H24F3N9O6. The fourth-order valence-electron chi connectivity index (χ4n) is 3.46. The summed E-state index contributed by atoms with van der Waals surface area (Å²) in [5, 5.41) is 11.6. The Hall–Kier alpha value is -5.13. The molecule has 41 heavy (non-hydrogen) atoms. The van der Waals surface area contributed by atoms with Crippen molar-refractivity contribution in [2.24, 2.45) is 0 Å². The van der Waals surface area contributed by atoms with Crippen LogP contribution in [0.2, 0.25) is 0 Å². The third-order valence-corrected chi connectivity index (χ3v) is 5.40. The van der Waals surface area contributed by atoms with Crippen molar-refractivity contribution in [3.05, 3.63) is 52.1 Å². The van der Waals surface area contributed by atoms with E-state index >= 15 is 0 Å². The van der Waals surface area contributed by atoms with Gasteiger partial charge < -0.3 is 16.2 Å². The maximum atomic E-state index is 13.4. The predicted octanol–water partition coefficient (Wildman–Crippen LogP) is -0.00530. The number of halogens is 3. The zero-order valence-corrected chi connectivity index (χ0v) is 21.3. The second kappa shape index (κ2) is 12.8. The lowest BCUT2D eigenvalue weighted by Crippen LogP contribution is -2.43. The lowest BCUT2D eigenvalue weighted by molar-refractivity contribution is -0.170. The second-order valence-electron chi connectivity index (χ2n) is 8.40. The molecule has 1 atom stereocenters. The van der Waals surface area contributed by atoms with Gasteiger partial charge >= 0.3 is 18.1 Å². The minimum atomic E-state index is -5.29. The number of benzene rings is 1. The molecule has 0 unspecified atom stereocenters. The minimum absolute atomic E-state index is 0.128. The summed E-state index contributed by atoms with van der Waals surface area (Å²) in [4.78, 5) is 74.3. The maximum Gasteiger partial charge on any atom is 0.471 e. The summed E-state index contributed by atoms with van der Waals surface area (Å²) in [5.74, 6) is -5.28. The van der Waals surface area contributed by atoms with E-state index in [0.29, 0.717) is 11.4 Å². The molecule has 2 heterocycles. The zero-order valence-electron chi connectivity index (χ0n) is 21.3. The van der Waals surface area contributed by atoms with Crippen molar-refractivity contribution in [1.82, 2.24) is 36.1 Å². The van der Waals surface area contributed by atoms with E-state index in [-0.39, 0.29) is 46.9 Å². The van der Waals surface area contributed by atoms with Crippen LogP contribution in [0.4, 0.5) is 24.8 Å². The third-order valence-electron chi connectivity index (χ3n) is 5.40. The number of hydrogen-bond donors (Lipinski definition) is 6. The number of carboxylic acid groups (broad SMARTS) is 1. The molecule has 3 amide bonds. The van der Waals surface area contributed by atoms with Gasteiger partial charge in [-0.1, -0.05) is 6.92 Å². The minimum Gasteiger partial charge on any atom is -0.480 e. The summed E-state index contributed by atoms with van der Waals surface area (Å²) >= 11 is 0. The number of hydrogen-bond acceptors (Lipinski definition) is 10. The highest BCUT2D eigenvalue weighted by Crippen LogP contribution is 2.26. The van der Waals surface area contributed by atoms with Gasteiger partial charge in [0.1, 0.15) is 6.04 Å². The molecule has 1 aromatic carbocycles. The first-order valence-corrected chi connectivity index (χ1v) is 11.9. The van der Waals surface area contributed by atoms with E-state index in [9.17, 15) is 42.3 Å². The van der Waals surface area contributed by atoms with Gasteiger partial charge in [-0.25, -0.2) is 20.2 Å². The van der Waals surface area contributed by atoms with Gasteiger partial charge in [-0.2, -0.15) is 18.2 Å². The van der Waals surface area contributed by atoms with Crippen molar-refractivity contribution in [3.8, 4) is 0 Å². The summed E-state index contributed by atoms with van der Waals surface area (Å²) < 4.78 is 40.2. The molecule has 7 N–H and O–H groups in total.